The first-order chi connectivity index (χ1) is 5.74. The molecule has 12 heavy (non-hydrogen) atoms. The van der Waals surface area contributed by atoms with Crippen molar-refractivity contribution in [2.45, 2.75) is 6.92 Å². The van der Waals surface area contributed by atoms with Crippen LogP contribution in [0.5, 0.6) is 0 Å². The molecule has 0 spiro atoms. The van der Waals surface area contributed by atoms with Gasteiger partial charge in [-0.05, 0) is 19.1 Å². The highest BCUT2D eigenvalue weighted by Gasteiger charge is 2.05. The molecule has 1 aromatic carbocycles. The minimum atomic E-state index is -0.558. The molecule has 0 aliphatic carbocycles. The zero-order valence-corrected chi connectivity index (χ0v) is 6.65. The fourth-order valence-electron chi connectivity index (χ4n) is 0.806. The molecule has 1 N–H and O–H groups in total. The molecular formula is C8H8BO3. The van der Waals surface area contributed by atoms with Crippen molar-refractivity contribution in [2.24, 2.45) is 0 Å². The first-order valence-electron chi connectivity index (χ1n) is 3.47. The summed E-state index contributed by atoms with van der Waals surface area (Å²) in [6, 6.07) is 6.88. The Bertz CT molecular complexity index is 268. The van der Waals surface area contributed by atoms with Gasteiger partial charge in [0.05, 0.1) is 5.56 Å². The van der Waals surface area contributed by atoms with Crippen LogP contribution in [0.3, 0.4) is 0 Å². The Labute approximate surface area is 71.3 Å². The largest absolute Gasteiger partial charge is 0.571 e. The highest BCUT2D eigenvalue weighted by atomic mass is 16.6. The lowest BCUT2D eigenvalue weighted by atomic mass is 10.1. The molecule has 0 saturated carbocycles. The molecule has 0 aromatic heterocycles. The topological polar surface area (TPSA) is 46.5 Å². The maximum atomic E-state index is 10.9. The third kappa shape index (κ3) is 2.10. The number of hydrogen-bond donors (Lipinski definition) is 1. The lowest BCUT2D eigenvalue weighted by Gasteiger charge is -1.99. The van der Waals surface area contributed by atoms with Crippen LogP contribution >= 0.6 is 0 Å². The number of aryl methyl sites for hydroxylation is 1. The van der Waals surface area contributed by atoms with Crippen molar-refractivity contribution in [2.75, 3.05) is 0 Å². The standard InChI is InChI=1S/C8H8BO3/c1-6-2-4-7(5-3-6)8(10)12-9-11/h2-5,11H,1H3. The SMILES string of the molecule is Cc1ccc(C(=O)O[B]O)cc1. The molecule has 1 rings (SSSR count). The summed E-state index contributed by atoms with van der Waals surface area (Å²) < 4.78 is 4.26. The molecule has 1 radical (unpaired) electrons. The number of benzene rings is 1. The second-order valence-corrected chi connectivity index (χ2v) is 2.38. The minimum absolute atomic E-state index is 0.377. The van der Waals surface area contributed by atoms with Crippen molar-refractivity contribution < 1.29 is 14.5 Å². The molecule has 0 aliphatic rings. The second kappa shape index (κ2) is 3.92. The third-order valence-corrected chi connectivity index (χ3v) is 1.45. The lowest BCUT2D eigenvalue weighted by molar-refractivity contribution is 0.0719. The average Bonchev–Trinajstić information content (AvgIpc) is 2.06. The summed E-state index contributed by atoms with van der Waals surface area (Å²) in [5.74, 6) is -0.558. The van der Waals surface area contributed by atoms with Gasteiger partial charge in [0.25, 0.3) is 0 Å². The van der Waals surface area contributed by atoms with Gasteiger partial charge in [0.1, 0.15) is 0 Å². The highest BCUT2D eigenvalue weighted by molar-refractivity contribution is 6.22. The van der Waals surface area contributed by atoms with Gasteiger partial charge in [0.15, 0.2) is 0 Å². The van der Waals surface area contributed by atoms with Crippen LogP contribution in [0.2, 0.25) is 0 Å². The highest BCUT2D eigenvalue weighted by Crippen LogP contribution is 2.03. The van der Waals surface area contributed by atoms with Crippen LogP contribution in [0.1, 0.15) is 15.9 Å². The Balaban J connectivity index is 2.75. The van der Waals surface area contributed by atoms with Gasteiger partial charge >= 0.3 is 13.7 Å². The van der Waals surface area contributed by atoms with Gasteiger partial charge in [-0.2, -0.15) is 0 Å². The van der Waals surface area contributed by atoms with E-state index in [9.17, 15) is 4.79 Å². The van der Waals surface area contributed by atoms with Crippen LogP contribution in [0, 0.1) is 6.92 Å². The van der Waals surface area contributed by atoms with E-state index in [1.807, 2.05) is 6.92 Å². The van der Waals surface area contributed by atoms with Crippen molar-refractivity contribution in [1.29, 1.82) is 0 Å². The number of rotatable bonds is 2. The van der Waals surface area contributed by atoms with Gasteiger partial charge in [-0.25, -0.2) is 4.79 Å². The van der Waals surface area contributed by atoms with Crippen molar-refractivity contribution in [3.63, 3.8) is 0 Å². The predicted octanol–water partition coefficient (Wildman–Crippen LogP) is 0.678. The molecule has 0 bridgehead atoms. The molecule has 0 heterocycles. The number of carbonyl (C=O) groups excluding carboxylic acids is 1. The lowest BCUT2D eigenvalue weighted by Crippen LogP contribution is -2.08. The molecule has 3 nitrogen and oxygen atoms in total. The van der Waals surface area contributed by atoms with Crippen LogP contribution in [0.25, 0.3) is 0 Å². The molecule has 0 aliphatic heterocycles. The van der Waals surface area contributed by atoms with Crippen molar-refractivity contribution in [3.05, 3.63) is 35.4 Å². The maximum absolute atomic E-state index is 10.9. The average molecular weight is 163 g/mol. The van der Waals surface area contributed by atoms with E-state index in [1.165, 1.54) is 0 Å². The predicted molar refractivity (Wildman–Crippen MR) is 44.6 cm³/mol. The van der Waals surface area contributed by atoms with Crippen molar-refractivity contribution >= 4 is 13.7 Å². The number of hydrogen-bond acceptors (Lipinski definition) is 3. The van der Waals surface area contributed by atoms with Crippen molar-refractivity contribution in [3.8, 4) is 0 Å². The van der Waals surface area contributed by atoms with E-state index < -0.39 is 5.97 Å². The van der Waals surface area contributed by atoms with Crippen LogP contribution in [-0.4, -0.2) is 18.7 Å². The van der Waals surface area contributed by atoms with E-state index in [1.54, 1.807) is 24.3 Å². The van der Waals surface area contributed by atoms with E-state index >= 15 is 0 Å². The Kier molecular flexibility index (Phi) is 2.88. The molecule has 0 amide bonds. The Hall–Kier alpha value is -1.29. The van der Waals surface area contributed by atoms with E-state index in [2.05, 4.69) is 4.65 Å². The summed E-state index contributed by atoms with van der Waals surface area (Å²) in [5, 5.41) is 8.18. The van der Waals surface area contributed by atoms with Gasteiger partial charge in [-0.1, -0.05) is 17.7 Å². The van der Waals surface area contributed by atoms with Crippen LogP contribution < -0.4 is 0 Å². The van der Waals surface area contributed by atoms with Crippen molar-refractivity contribution in [1.82, 2.24) is 0 Å². The van der Waals surface area contributed by atoms with Gasteiger partial charge in [-0.15, -0.1) is 0 Å². The van der Waals surface area contributed by atoms with Gasteiger partial charge in [0, 0.05) is 0 Å². The zero-order chi connectivity index (χ0) is 8.97. The fraction of sp³-hybridized carbons (Fsp3) is 0.125. The van der Waals surface area contributed by atoms with Crippen LogP contribution in [0.15, 0.2) is 24.3 Å². The molecule has 4 heteroatoms. The van der Waals surface area contributed by atoms with Gasteiger partial charge in [-0.3, -0.25) is 0 Å². The van der Waals surface area contributed by atoms with E-state index in [0.29, 0.717) is 13.2 Å². The normalized spacial score (nSPS) is 9.17. The first-order valence-corrected chi connectivity index (χ1v) is 3.47. The van der Waals surface area contributed by atoms with Crippen LogP contribution in [-0.2, 0) is 4.65 Å². The maximum Gasteiger partial charge on any atom is 0.571 e. The Morgan fingerprint density at radius 3 is 2.50 bits per heavy atom. The summed E-state index contributed by atoms with van der Waals surface area (Å²) in [6.45, 7) is 1.92. The zero-order valence-electron chi connectivity index (χ0n) is 6.65. The third-order valence-electron chi connectivity index (χ3n) is 1.45. The summed E-state index contributed by atoms with van der Waals surface area (Å²) >= 11 is 0. The molecule has 0 saturated heterocycles. The molecular weight excluding hydrogens is 155 g/mol. The molecule has 1 aromatic rings. The van der Waals surface area contributed by atoms with Crippen LogP contribution in [0.4, 0.5) is 0 Å². The fourth-order valence-corrected chi connectivity index (χ4v) is 0.806. The minimum Gasteiger partial charge on any atom is -0.507 e. The molecule has 0 atom stereocenters. The molecule has 0 fully saturated rings. The molecule has 61 valence electrons. The first kappa shape index (κ1) is 8.81. The second-order valence-electron chi connectivity index (χ2n) is 2.38. The summed E-state index contributed by atoms with van der Waals surface area (Å²) in [6.07, 6.45) is 0. The summed E-state index contributed by atoms with van der Waals surface area (Å²) in [7, 11) is 0.377. The monoisotopic (exact) mass is 163 g/mol. The Morgan fingerprint density at radius 1 is 1.42 bits per heavy atom. The van der Waals surface area contributed by atoms with Gasteiger partial charge < -0.3 is 9.68 Å². The summed E-state index contributed by atoms with van der Waals surface area (Å²) in [5.41, 5.74) is 1.49. The van der Waals surface area contributed by atoms with Gasteiger partial charge in [0.2, 0.25) is 0 Å². The molecule has 0 unspecified atom stereocenters. The van der Waals surface area contributed by atoms with E-state index in [0.717, 1.165) is 5.56 Å². The smallest absolute Gasteiger partial charge is 0.507 e. The Morgan fingerprint density at radius 2 is 2.00 bits per heavy atom. The number of carbonyl (C=O) groups is 1. The van der Waals surface area contributed by atoms with E-state index in [4.69, 9.17) is 5.02 Å². The summed E-state index contributed by atoms with van der Waals surface area (Å²) in [4.78, 5) is 10.9. The quantitative estimate of drug-likeness (QED) is 0.652. The van der Waals surface area contributed by atoms with E-state index in [-0.39, 0.29) is 0 Å².